The van der Waals surface area contributed by atoms with E-state index in [9.17, 15) is 9.50 Å². The first-order chi connectivity index (χ1) is 7.85. The van der Waals surface area contributed by atoms with E-state index >= 15 is 0 Å². The molecule has 0 spiro atoms. The summed E-state index contributed by atoms with van der Waals surface area (Å²) in [7, 11) is 1.65. The molecule has 0 amide bonds. The highest BCUT2D eigenvalue weighted by molar-refractivity contribution is 5.34. The van der Waals surface area contributed by atoms with Gasteiger partial charge >= 0.3 is 0 Å². The molecule has 0 aliphatic rings. The molecule has 0 aliphatic heterocycles. The van der Waals surface area contributed by atoms with Crippen molar-refractivity contribution in [3.8, 4) is 5.75 Å². The topological polar surface area (TPSA) is 41.5 Å². The molecule has 0 fully saturated rings. The second-order valence-corrected chi connectivity index (χ2v) is 4.77. The highest BCUT2D eigenvalue weighted by Crippen LogP contribution is 2.25. The Morgan fingerprint density at radius 3 is 2.65 bits per heavy atom. The predicted molar refractivity (Wildman–Crippen MR) is 65.6 cm³/mol. The molecule has 17 heavy (non-hydrogen) atoms. The standard InChI is InChI=1S/C13H20FNO2/c1-9(15-8-13(2,3)17-4)11-6-5-10(14)7-12(11)16/h5-7,9,15-16H,8H2,1-4H3. The Morgan fingerprint density at radius 1 is 1.47 bits per heavy atom. The molecule has 0 heterocycles. The van der Waals surface area contributed by atoms with Crippen LogP contribution in [-0.4, -0.2) is 24.4 Å². The molecular formula is C13H20FNO2. The Morgan fingerprint density at radius 2 is 2.12 bits per heavy atom. The molecule has 4 heteroatoms. The third kappa shape index (κ3) is 3.98. The summed E-state index contributed by atoms with van der Waals surface area (Å²) in [5, 5.41) is 12.9. The van der Waals surface area contributed by atoms with Gasteiger partial charge in [0.1, 0.15) is 11.6 Å². The average molecular weight is 241 g/mol. The number of aromatic hydroxyl groups is 1. The maximum Gasteiger partial charge on any atom is 0.126 e. The largest absolute Gasteiger partial charge is 0.508 e. The zero-order valence-corrected chi connectivity index (χ0v) is 10.7. The number of rotatable bonds is 5. The zero-order valence-electron chi connectivity index (χ0n) is 10.7. The second-order valence-electron chi connectivity index (χ2n) is 4.77. The highest BCUT2D eigenvalue weighted by Gasteiger charge is 2.18. The van der Waals surface area contributed by atoms with Gasteiger partial charge in [-0.1, -0.05) is 6.07 Å². The van der Waals surface area contributed by atoms with Gasteiger partial charge in [-0.3, -0.25) is 0 Å². The van der Waals surface area contributed by atoms with Crippen molar-refractivity contribution in [2.75, 3.05) is 13.7 Å². The highest BCUT2D eigenvalue weighted by atomic mass is 19.1. The van der Waals surface area contributed by atoms with Gasteiger partial charge in [-0.25, -0.2) is 4.39 Å². The molecule has 1 aromatic rings. The third-order valence-corrected chi connectivity index (χ3v) is 2.85. The van der Waals surface area contributed by atoms with Crippen molar-refractivity contribution in [2.24, 2.45) is 0 Å². The Balaban J connectivity index is 2.67. The molecule has 0 aromatic heterocycles. The first kappa shape index (κ1) is 13.9. The van der Waals surface area contributed by atoms with E-state index in [1.54, 1.807) is 13.2 Å². The van der Waals surface area contributed by atoms with Gasteiger partial charge in [0, 0.05) is 31.3 Å². The van der Waals surface area contributed by atoms with Crippen molar-refractivity contribution >= 4 is 0 Å². The van der Waals surface area contributed by atoms with Crippen LogP contribution in [0.5, 0.6) is 5.75 Å². The molecule has 3 nitrogen and oxygen atoms in total. The van der Waals surface area contributed by atoms with Crippen molar-refractivity contribution in [1.82, 2.24) is 5.32 Å². The van der Waals surface area contributed by atoms with Crippen LogP contribution in [0.25, 0.3) is 0 Å². The second kappa shape index (κ2) is 5.47. The van der Waals surface area contributed by atoms with Gasteiger partial charge in [-0.05, 0) is 26.8 Å². The van der Waals surface area contributed by atoms with Crippen LogP contribution in [0, 0.1) is 5.82 Å². The summed E-state index contributed by atoms with van der Waals surface area (Å²) in [6.45, 7) is 6.49. The third-order valence-electron chi connectivity index (χ3n) is 2.85. The SMILES string of the molecule is COC(C)(C)CNC(C)c1ccc(F)cc1O. The van der Waals surface area contributed by atoms with Gasteiger partial charge in [0.15, 0.2) is 0 Å². The summed E-state index contributed by atoms with van der Waals surface area (Å²) in [4.78, 5) is 0. The van der Waals surface area contributed by atoms with Crippen molar-refractivity contribution in [2.45, 2.75) is 32.4 Å². The lowest BCUT2D eigenvalue weighted by Gasteiger charge is -2.26. The van der Waals surface area contributed by atoms with Crippen LogP contribution < -0.4 is 5.32 Å². The van der Waals surface area contributed by atoms with Crippen LogP contribution in [0.4, 0.5) is 4.39 Å². The number of phenols is 1. The molecule has 1 atom stereocenters. The normalized spacial score (nSPS) is 13.7. The molecule has 2 N–H and O–H groups in total. The minimum atomic E-state index is -0.435. The van der Waals surface area contributed by atoms with Crippen molar-refractivity contribution < 1.29 is 14.2 Å². The fourth-order valence-corrected chi connectivity index (χ4v) is 1.46. The maximum absolute atomic E-state index is 12.8. The van der Waals surface area contributed by atoms with Crippen molar-refractivity contribution in [3.05, 3.63) is 29.6 Å². The number of hydrogen-bond acceptors (Lipinski definition) is 3. The van der Waals surface area contributed by atoms with Gasteiger partial charge < -0.3 is 15.2 Å². The number of nitrogens with one attached hydrogen (secondary N) is 1. The molecule has 0 aliphatic carbocycles. The Labute approximate surface area is 102 Å². The molecule has 1 unspecified atom stereocenters. The number of benzene rings is 1. The monoisotopic (exact) mass is 241 g/mol. The van der Waals surface area contributed by atoms with Crippen LogP contribution in [0.3, 0.4) is 0 Å². The van der Waals surface area contributed by atoms with Crippen molar-refractivity contribution in [1.29, 1.82) is 0 Å². The molecule has 0 bridgehead atoms. The minimum Gasteiger partial charge on any atom is -0.508 e. The summed E-state index contributed by atoms with van der Waals surface area (Å²) in [5.74, 6) is -0.462. The van der Waals surface area contributed by atoms with Crippen LogP contribution >= 0.6 is 0 Å². The van der Waals surface area contributed by atoms with Crippen LogP contribution in [-0.2, 0) is 4.74 Å². The summed E-state index contributed by atoms with van der Waals surface area (Å²) in [6, 6.07) is 3.98. The molecule has 96 valence electrons. The minimum absolute atomic E-state index is 0.0276. The lowest BCUT2D eigenvalue weighted by molar-refractivity contribution is 0.0213. The van der Waals surface area contributed by atoms with E-state index in [2.05, 4.69) is 5.32 Å². The van der Waals surface area contributed by atoms with E-state index in [4.69, 9.17) is 4.74 Å². The van der Waals surface area contributed by atoms with Crippen molar-refractivity contribution in [3.63, 3.8) is 0 Å². The zero-order chi connectivity index (χ0) is 13.1. The van der Waals surface area contributed by atoms with Crippen LogP contribution in [0.15, 0.2) is 18.2 Å². The Hall–Kier alpha value is -1.13. The van der Waals surface area contributed by atoms with Gasteiger partial charge in [0.25, 0.3) is 0 Å². The Kier molecular flexibility index (Phi) is 4.48. The molecule has 1 aromatic carbocycles. The average Bonchev–Trinajstić information content (AvgIpc) is 2.26. The van der Waals surface area contributed by atoms with E-state index in [0.29, 0.717) is 12.1 Å². The molecule has 0 radical (unpaired) electrons. The van der Waals surface area contributed by atoms with E-state index in [0.717, 1.165) is 6.07 Å². The summed E-state index contributed by atoms with van der Waals surface area (Å²) in [6.07, 6.45) is 0. The van der Waals surface area contributed by atoms with E-state index in [1.165, 1.54) is 6.07 Å². The molecule has 0 saturated carbocycles. The van der Waals surface area contributed by atoms with E-state index < -0.39 is 5.82 Å². The summed E-state index contributed by atoms with van der Waals surface area (Å²) in [5.41, 5.74) is 0.405. The number of halogens is 1. The van der Waals surface area contributed by atoms with Gasteiger partial charge in [-0.2, -0.15) is 0 Å². The van der Waals surface area contributed by atoms with E-state index in [1.807, 2.05) is 20.8 Å². The van der Waals surface area contributed by atoms with Crippen LogP contribution in [0.2, 0.25) is 0 Å². The lowest BCUT2D eigenvalue weighted by Crippen LogP contribution is -2.37. The summed E-state index contributed by atoms with van der Waals surface area (Å²) < 4.78 is 18.1. The first-order valence-corrected chi connectivity index (χ1v) is 5.62. The number of ether oxygens (including phenoxy) is 1. The van der Waals surface area contributed by atoms with Crippen LogP contribution in [0.1, 0.15) is 32.4 Å². The smallest absolute Gasteiger partial charge is 0.126 e. The maximum atomic E-state index is 12.8. The van der Waals surface area contributed by atoms with Gasteiger partial charge in [-0.15, -0.1) is 0 Å². The number of methoxy groups -OCH3 is 1. The molecule has 1 rings (SSSR count). The number of phenolic OH excluding ortho intramolecular Hbond substituents is 1. The van der Waals surface area contributed by atoms with E-state index in [-0.39, 0.29) is 17.4 Å². The Bertz CT molecular complexity index is 380. The fraction of sp³-hybridized carbons (Fsp3) is 0.538. The molecular weight excluding hydrogens is 221 g/mol. The summed E-state index contributed by atoms with van der Waals surface area (Å²) >= 11 is 0. The quantitative estimate of drug-likeness (QED) is 0.832. The molecule has 0 saturated heterocycles. The number of hydrogen-bond donors (Lipinski definition) is 2. The fourth-order valence-electron chi connectivity index (χ4n) is 1.46. The predicted octanol–water partition coefficient (Wildman–Crippen LogP) is 2.61. The lowest BCUT2D eigenvalue weighted by atomic mass is 10.1. The van der Waals surface area contributed by atoms with Gasteiger partial charge in [0.05, 0.1) is 5.60 Å². The first-order valence-electron chi connectivity index (χ1n) is 5.62. The van der Waals surface area contributed by atoms with Gasteiger partial charge in [0.2, 0.25) is 0 Å².